The average Bonchev–Trinajstić information content (AvgIpc) is 3.24. The van der Waals surface area contributed by atoms with Crippen molar-refractivity contribution in [3.05, 3.63) is 36.0 Å². The molecule has 9 N–H and O–H groups in total. The summed E-state index contributed by atoms with van der Waals surface area (Å²) in [6, 6.07) is 3.57. The molecular formula is C25H38N6O5. The highest BCUT2D eigenvalue weighted by atomic mass is 16.4. The van der Waals surface area contributed by atoms with Crippen molar-refractivity contribution in [3.63, 3.8) is 0 Å². The molecule has 0 radical (unpaired) electrons. The fourth-order valence-corrected chi connectivity index (χ4v) is 3.73. The van der Waals surface area contributed by atoms with Gasteiger partial charge in [0.15, 0.2) is 0 Å². The molecule has 2 rings (SSSR count). The minimum absolute atomic E-state index is 0.0636. The van der Waals surface area contributed by atoms with E-state index in [1.54, 1.807) is 20.0 Å². The maximum Gasteiger partial charge on any atom is 0.326 e. The molecule has 4 unspecified atom stereocenters. The van der Waals surface area contributed by atoms with Gasteiger partial charge < -0.3 is 37.5 Å². The number of aromatic nitrogens is 1. The van der Waals surface area contributed by atoms with E-state index in [2.05, 4.69) is 20.9 Å². The van der Waals surface area contributed by atoms with Crippen molar-refractivity contribution in [2.24, 2.45) is 17.4 Å². The van der Waals surface area contributed by atoms with E-state index in [1.165, 1.54) is 6.92 Å². The normalized spacial score (nSPS) is 14.6. The number of aromatic amines is 1. The molecule has 0 fully saturated rings. The van der Waals surface area contributed by atoms with Crippen molar-refractivity contribution in [1.82, 2.24) is 20.9 Å². The number of carboxylic acids is 1. The zero-order valence-electron chi connectivity index (χ0n) is 21.0. The number of aliphatic carboxylic acids is 1. The molecule has 1 heterocycles. The fraction of sp³-hybridized carbons (Fsp3) is 0.520. The topological polar surface area (TPSA) is 192 Å². The van der Waals surface area contributed by atoms with E-state index in [9.17, 15) is 24.3 Å². The number of para-hydroxylation sites is 1. The maximum atomic E-state index is 13.1. The predicted molar refractivity (Wildman–Crippen MR) is 137 cm³/mol. The Morgan fingerprint density at radius 3 is 2.25 bits per heavy atom. The van der Waals surface area contributed by atoms with Crippen LogP contribution in [0.2, 0.25) is 0 Å². The van der Waals surface area contributed by atoms with Gasteiger partial charge in [0.2, 0.25) is 17.7 Å². The number of nitrogens with two attached hydrogens (primary N) is 2. The molecule has 2 aromatic rings. The second-order valence-corrected chi connectivity index (χ2v) is 9.31. The largest absolute Gasteiger partial charge is 0.480 e. The van der Waals surface area contributed by atoms with Crippen LogP contribution in [0.4, 0.5) is 0 Å². The lowest BCUT2D eigenvalue weighted by atomic mass is 10.0. The number of benzene rings is 1. The van der Waals surface area contributed by atoms with Gasteiger partial charge in [-0.3, -0.25) is 14.4 Å². The van der Waals surface area contributed by atoms with Crippen LogP contribution >= 0.6 is 0 Å². The van der Waals surface area contributed by atoms with Crippen molar-refractivity contribution in [3.8, 4) is 0 Å². The highest BCUT2D eigenvalue weighted by Gasteiger charge is 2.29. The Balaban J connectivity index is 2.10. The third-order valence-corrected chi connectivity index (χ3v) is 6.07. The van der Waals surface area contributed by atoms with Gasteiger partial charge >= 0.3 is 5.97 Å². The first-order valence-corrected chi connectivity index (χ1v) is 12.2. The van der Waals surface area contributed by atoms with Crippen LogP contribution in [0.1, 0.15) is 45.6 Å². The van der Waals surface area contributed by atoms with Crippen LogP contribution in [0.25, 0.3) is 10.9 Å². The molecule has 1 aromatic carbocycles. The van der Waals surface area contributed by atoms with E-state index < -0.39 is 47.9 Å². The highest BCUT2D eigenvalue weighted by molar-refractivity contribution is 5.94. The smallest absolute Gasteiger partial charge is 0.326 e. The minimum atomic E-state index is -1.20. The van der Waals surface area contributed by atoms with Gasteiger partial charge in [-0.1, -0.05) is 32.0 Å². The van der Waals surface area contributed by atoms with E-state index in [4.69, 9.17) is 11.5 Å². The molecule has 0 spiro atoms. The molecule has 36 heavy (non-hydrogen) atoms. The van der Waals surface area contributed by atoms with Crippen LogP contribution in [0.15, 0.2) is 30.5 Å². The van der Waals surface area contributed by atoms with Crippen molar-refractivity contribution in [2.75, 3.05) is 6.54 Å². The molecule has 11 heteroatoms. The number of hydrogen-bond acceptors (Lipinski definition) is 6. The third-order valence-electron chi connectivity index (χ3n) is 6.07. The van der Waals surface area contributed by atoms with Gasteiger partial charge in [0, 0.05) is 23.5 Å². The number of rotatable bonds is 14. The number of carbonyl (C=O) groups excluding carboxylic acids is 3. The van der Waals surface area contributed by atoms with Crippen molar-refractivity contribution in [2.45, 2.75) is 70.6 Å². The van der Waals surface area contributed by atoms with E-state index >= 15 is 0 Å². The number of carboxylic acid groups (broad SMARTS) is 1. The molecule has 11 nitrogen and oxygen atoms in total. The van der Waals surface area contributed by atoms with Gasteiger partial charge in [-0.25, -0.2) is 4.79 Å². The lowest BCUT2D eigenvalue weighted by Crippen LogP contribution is -2.57. The van der Waals surface area contributed by atoms with Crippen molar-refractivity contribution in [1.29, 1.82) is 0 Å². The van der Waals surface area contributed by atoms with Gasteiger partial charge in [0.05, 0.1) is 6.04 Å². The summed E-state index contributed by atoms with van der Waals surface area (Å²) in [7, 11) is 0. The van der Waals surface area contributed by atoms with Crippen LogP contribution in [-0.2, 0) is 25.6 Å². The Bertz CT molecular complexity index is 1050. The van der Waals surface area contributed by atoms with Gasteiger partial charge in [-0.2, -0.15) is 0 Å². The molecule has 0 saturated carbocycles. The van der Waals surface area contributed by atoms with Crippen molar-refractivity contribution >= 4 is 34.6 Å². The molecule has 0 saturated heterocycles. The van der Waals surface area contributed by atoms with Gasteiger partial charge in [0.1, 0.15) is 18.1 Å². The molecule has 4 atom stereocenters. The first kappa shape index (κ1) is 28.8. The number of unbranched alkanes of at least 4 members (excludes halogenated alkanes) is 1. The zero-order valence-corrected chi connectivity index (χ0v) is 21.0. The molecule has 1 aromatic heterocycles. The number of fused-ring (bicyclic) bond motifs is 1. The standard InChI is InChI=1S/C25H38N6O5/c1-14(2)21(27)24(34)29-15(3)22(32)30-19(10-6-7-11-26)23(33)31-20(25(35)36)12-16-13-28-18-9-5-4-8-17(16)18/h4-5,8-9,13-15,19-21,28H,6-7,10-12,26-27H2,1-3H3,(H,29,34)(H,30,32)(H,31,33)(H,35,36). The van der Waals surface area contributed by atoms with E-state index in [0.717, 1.165) is 16.5 Å². The molecule has 0 aliphatic rings. The van der Waals surface area contributed by atoms with Gasteiger partial charge in [-0.15, -0.1) is 0 Å². The average molecular weight is 503 g/mol. The van der Waals surface area contributed by atoms with Gasteiger partial charge in [0.25, 0.3) is 0 Å². The van der Waals surface area contributed by atoms with E-state index in [-0.39, 0.29) is 18.8 Å². The fourth-order valence-electron chi connectivity index (χ4n) is 3.73. The number of H-pyrrole nitrogens is 1. The van der Waals surface area contributed by atoms with E-state index in [1.807, 2.05) is 24.3 Å². The molecule has 0 aliphatic heterocycles. The lowest BCUT2D eigenvalue weighted by molar-refractivity contribution is -0.142. The minimum Gasteiger partial charge on any atom is -0.480 e. The number of nitrogens with one attached hydrogen (secondary N) is 4. The third kappa shape index (κ3) is 8.06. The molecule has 0 aliphatic carbocycles. The Morgan fingerprint density at radius 2 is 1.61 bits per heavy atom. The van der Waals surface area contributed by atoms with Crippen molar-refractivity contribution < 1.29 is 24.3 Å². The summed E-state index contributed by atoms with van der Waals surface area (Å²) in [6.07, 6.45) is 3.23. The Hall–Kier alpha value is -3.44. The molecule has 198 valence electrons. The summed E-state index contributed by atoms with van der Waals surface area (Å²) in [6.45, 7) is 5.50. The molecule has 3 amide bonds. The van der Waals surface area contributed by atoms with E-state index in [0.29, 0.717) is 19.4 Å². The first-order valence-electron chi connectivity index (χ1n) is 12.2. The Kier molecular flexibility index (Phi) is 10.9. The monoisotopic (exact) mass is 502 g/mol. The highest BCUT2D eigenvalue weighted by Crippen LogP contribution is 2.19. The second-order valence-electron chi connectivity index (χ2n) is 9.31. The Morgan fingerprint density at radius 1 is 0.944 bits per heavy atom. The molecule has 0 bridgehead atoms. The summed E-state index contributed by atoms with van der Waals surface area (Å²) >= 11 is 0. The summed E-state index contributed by atoms with van der Waals surface area (Å²) in [5.41, 5.74) is 13.0. The summed E-state index contributed by atoms with van der Waals surface area (Å²) in [5.74, 6) is -2.97. The number of carbonyl (C=O) groups is 4. The summed E-state index contributed by atoms with van der Waals surface area (Å²) in [5, 5.41) is 18.4. The lowest BCUT2D eigenvalue weighted by Gasteiger charge is -2.24. The predicted octanol–water partition coefficient (Wildman–Crippen LogP) is 0.382. The van der Waals surface area contributed by atoms with Crippen LogP contribution in [-0.4, -0.2) is 64.5 Å². The SMILES string of the molecule is CC(NC(=O)C(N)C(C)C)C(=O)NC(CCCCN)C(=O)NC(Cc1c[nH]c2ccccc12)C(=O)O. The van der Waals surface area contributed by atoms with Crippen LogP contribution in [0, 0.1) is 5.92 Å². The van der Waals surface area contributed by atoms with Crippen LogP contribution in [0.5, 0.6) is 0 Å². The van der Waals surface area contributed by atoms with Crippen LogP contribution in [0.3, 0.4) is 0 Å². The van der Waals surface area contributed by atoms with Crippen LogP contribution < -0.4 is 27.4 Å². The number of hydrogen-bond donors (Lipinski definition) is 7. The second kappa shape index (κ2) is 13.6. The summed E-state index contributed by atoms with van der Waals surface area (Å²) in [4.78, 5) is 53.1. The Labute approximate surface area is 210 Å². The molecular weight excluding hydrogens is 464 g/mol. The number of amides is 3. The maximum absolute atomic E-state index is 13.1. The summed E-state index contributed by atoms with van der Waals surface area (Å²) < 4.78 is 0. The first-order chi connectivity index (χ1) is 17.0. The quantitative estimate of drug-likeness (QED) is 0.181. The zero-order chi connectivity index (χ0) is 26.8. The van der Waals surface area contributed by atoms with Gasteiger partial charge in [-0.05, 0) is 50.3 Å².